The average Bonchev–Trinajstić information content (AvgIpc) is 3.20. The van der Waals surface area contributed by atoms with Crippen molar-refractivity contribution in [1.29, 1.82) is 0 Å². The van der Waals surface area contributed by atoms with E-state index in [4.69, 9.17) is 4.42 Å². The summed E-state index contributed by atoms with van der Waals surface area (Å²) in [6.45, 7) is 2.50. The first kappa shape index (κ1) is 17.5. The van der Waals surface area contributed by atoms with Gasteiger partial charge in [0, 0.05) is 24.9 Å². The summed E-state index contributed by atoms with van der Waals surface area (Å²) in [5.74, 6) is -0.161. The fourth-order valence-corrected chi connectivity index (χ4v) is 3.50. The van der Waals surface area contributed by atoms with Crippen LogP contribution < -0.4 is 5.32 Å². The molecule has 0 aliphatic heterocycles. The Morgan fingerprint density at radius 3 is 2.70 bits per heavy atom. The lowest BCUT2D eigenvalue weighted by Crippen LogP contribution is -2.29. The standard InChI is InChI=1S/C21H18BrN3O2/c1-14(16-9-5-6-10-23-16)24-21(26)18-11-19-17(12-20(22)27-19)25(18)13-15-7-3-2-4-8-15/h2-12,14H,13H2,1H3,(H,24,26). The summed E-state index contributed by atoms with van der Waals surface area (Å²) < 4.78 is 8.28. The number of fused-ring (bicyclic) bond motifs is 1. The second-order valence-electron chi connectivity index (χ2n) is 6.35. The van der Waals surface area contributed by atoms with E-state index in [9.17, 15) is 4.79 Å². The predicted molar refractivity (Wildman–Crippen MR) is 108 cm³/mol. The van der Waals surface area contributed by atoms with E-state index in [2.05, 4.69) is 26.2 Å². The molecule has 0 aliphatic carbocycles. The van der Waals surface area contributed by atoms with Gasteiger partial charge in [0.1, 0.15) is 5.69 Å². The van der Waals surface area contributed by atoms with Crippen LogP contribution in [0.3, 0.4) is 0 Å². The Kier molecular flexibility index (Phi) is 4.81. The van der Waals surface area contributed by atoms with E-state index in [0.29, 0.717) is 22.5 Å². The minimum Gasteiger partial charge on any atom is -0.448 e. The van der Waals surface area contributed by atoms with Gasteiger partial charge >= 0.3 is 0 Å². The number of aromatic nitrogens is 2. The highest BCUT2D eigenvalue weighted by Crippen LogP contribution is 2.28. The molecule has 1 unspecified atom stereocenters. The van der Waals surface area contributed by atoms with Gasteiger partial charge in [0.25, 0.3) is 5.91 Å². The van der Waals surface area contributed by atoms with Crippen molar-refractivity contribution in [2.75, 3.05) is 0 Å². The molecule has 3 aromatic heterocycles. The Morgan fingerprint density at radius 1 is 1.19 bits per heavy atom. The largest absolute Gasteiger partial charge is 0.448 e. The molecule has 1 amide bonds. The summed E-state index contributed by atoms with van der Waals surface area (Å²) in [7, 11) is 0. The van der Waals surface area contributed by atoms with Gasteiger partial charge in [0.2, 0.25) is 0 Å². The van der Waals surface area contributed by atoms with Crippen molar-refractivity contribution in [3.05, 3.63) is 88.5 Å². The van der Waals surface area contributed by atoms with Crippen molar-refractivity contribution in [2.45, 2.75) is 19.5 Å². The number of nitrogens with one attached hydrogen (secondary N) is 1. The molecule has 0 aliphatic rings. The molecular formula is C21H18BrN3O2. The summed E-state index contributed by atoms with van der Waals surface area (Å²) in [5.41, 5.74) is 4.04. The van der Waals surface area contributed by atoms with Gasteiger partial charge in [-0.3, -0.25) is 9.78 Å². The number of benzene rings is 1. The number of pyridine rings is 1. The molecule has 1 N–H and O–H groups in total. The quantitative estimate of drug-likeness (QED) is 0.494. The number of carbonyl (C=O) groups is 1. The third-order valence-corrected chi connectivity index (χ3v) is 4.85. The highest BCUT2D eigenvalue weighted by molar-refractivity contribution is 9.10. The van der Waals surface area contributed by atoms with Crippen molar-refractivity contribution < 1.29 is 9.21 Å². The lowest BCUT2D eigenvalue weighted by molar-refractivity contribution is 0.0930. The van der Waals surface area contributed by atoms with Gasteiger partial charge < -0.3 is 14.3 Å². The molecule has 0 fully saturated rings. The SMILES string of the molecule is CC(NC(=O)c1cc2oc(Br)cc2n1Cc1ccccc1)c1ccccn1. The van der Waals surface area contributed by atoms with E-state index in [-0.39, 0.29) is 11.9 Å². The Morgan fingerprint density at radius 2 is 1.96 bits per heavy atom. The summed E-state index contributed by atoms with van der Waals surface area (Å²) in [4.78, 5) is 17.3. The van der Waals surface area contributed by atoms with Crippen LogP contribution in [0.5, 0.6) is 0 Å². The van der Waals surface area contributed by atoms with Crippen molar-refractivity contribution >= 4 is 32.9 Å². The summed E-state index contributed by atoms with van der Waals surface area (Å²) in [6, 6.07) is 19.2. The molecule has 4 aromatic rings. The van der Waals surface area contributed by atoms with Crippen LogP contribution >= 0.6 is 15.9 Å². The number of nitrogens with zero attached hydrogens (tertiary/aromatic N) is 2. The van der Waals surface area contributed by atoms with E-state index in [0.717, 1.165) is 16.8 Å². The first-order valence-corrected chi connectivity index (χ1v) is 9.45. The average molecular weight is 424 g/mol. The molecule has 6 heteroatoms. The maximum absolute atomic E-state index is 13.0. The molecule has 0 radical (unpaired) electrons. The lowest BCUT2D eigenvalue weighted by atomic mass is 10.2. The molecule has 136 valence electrons. The first-order valence-electron chi connectivity index (χ1n) is 8.66. The minimum atomic E-state index is -0.197. The van der Waals surface area contributed by atoms with Crippen LogP contribution in [0.25, 0.3) is 11.1 Å². The zero-order chi connectivity index (χ0) is 18.8. The van der Waals surface area contributed by atoms with Crippen LogP contribution in [0.1, 0.15) is 34.7 Å². The number of halogens is 1. The van der Waals surface area contributed by atoms with E-state index in [1.165, 1.54) is 0 Å². The highest BCUT2D eigenvalue weighted by atomic mass is 79.9. The molecule has 1 aromatic carbocycles. The van der Waals surface area contributed by atoms with Gasteiger partial charge in [-0.15, -0.1) is 0 Å². The molecule has 4 rings (SSSR count). The molecule has 27 heavy (non-hydrogen) atoms. The predicted octanol–water partition coefficient (Wildman–Crippen LogP) is 4.93. The monoisotopic (exact) mass is 423 g/mol. The number of carbonyl (C=O) groups excluding carboxylic acids is 1. The molecule has 3 heterocycles. The molecule has 0 bridgehead atoms. The molecule has 0 spiro atoms. The van der Waals surface area contributed by atoms with E-state index >= 15 is 0 Å². The van der Waals surface area contributed by atoms with Crippen molar-refractivity contribution in [3.8, 4) is 0 Å². The molecule has 0 saturated carbocycles. The van der Waals surface area contributed by atoms with Gasteiger partial charge in [-0.05, 0) is 40.5 Å². The van der Waals surface area contributed by atoms with E-state index in [1.807, 2.05) is 66.1 Å². The highest BCUT2D eigenvalue weighted by Gasteiger charge is 2.21. The van der Waals surface area contributed by atoms with Gasteiger partial charge in [0.15, 0.2) is 10.3 Å². The Labute approximate surface area is 165 Å². The van der Waals surface area contributed by atoms with Crippen LogP contribution in [-0.4, -0.2) is 15.5 Å². The number of hydrogen-bond donors (Lipinski definition) is 1. The van der Waals surface area contributed by atoms with Crippen LogP contribution in [0.4, 0.5) is 0 Å². The normalized spacial score (nSPS) is 12.2. The Balaban J connectivity index is 1.67. The minimum absolute atomic E-state index is 0.161. The van der Waals surface area contributed by atoms with Crippen LogP contribution in [0.2, 0.25) is 0 Å². The second kappa shape index (κ2) is 7.40. The zero-order valence-electron chi connectivity index (χ0n) is 14.7. The van der Waals surface area contributed by atoms with Crippen molar-refractivity contribution in [1.82, 2.24) is 14.9 Å². The fourth-order valence-electron chi connectivity index (χ4n) is 3.11. The number of amides is 1. The van der Waals surface area contributed by atoms with Crippen molar-refractivity contribution in [2.24, 2.45) is 0 Å². The van der Waals surface area contributed by atoms with Crippen molar-refractivity contribution in [3.63, 3.8) is 0 Å². The fraction of sp³-hybridized carbons (Fsp3) is 0.143. The van der Waals surface area contributed by atoms with Gasteiger partial charge in [-0.2, -0.15) is 0 Å². The third-order valence-electron chi connectivity index (χ3n) is 4.45. The van der Waals surface area contributed by atoms with Gasteiger partial charge in [-0.25, -0.2) is 0 Å². The Bertz CT molecular complexity index is 1070. The maximum atomic E-state index is 13.0. The molecule has 1 atom stereocenters. The van der Waals surface area contributed by atoms with Gasteiger partial charge in [-0.1, -0.05) is 36.4 Å². The van der Waals surface area contributed by atoms with E-state index < -0.39 is 0 Å². The van der Waals surface area contributed by atoms with Crippen LogP contribution in [-0.2, 0) is 6.54 Å². The maximum Gasteiger partial charge on any atom is 0.268 e. The third kappa shape index (κ3) is 3.66. The van der Waals surface area contributed by atoms with Crippen LogP contribution in [0, 0.1) is 0 Å². The molecular weight excluding hydrogens is 406 g/mol. The number of hydrogen-bond acceptors (Lipinski definition) is 3. The zero-order valence-corrected chi connectivity index (χ0v) is 16.3. The summed E-state index contributed by atoms with van der Waals surface area (Å²) >= 11 is 3.37. The van der Waals surface area contributed by atoms with Crippen LogP contribution in [0.15, 0.2) is 75.9 Å². The first-order chi connectivity index (χ1) is 13.1. The molecule has 5 nitrogen and oxygen atoms in total. The smallest absolute Gasteiger partial charge is 0.268 e. The molecule has 0 saturated heterocycles. The number of rotatable bonds is 5. The summed E-state index contributed by atoms with van der Waals surface area (Å²) in [5, 5.41) is 3.03. The topological polar surface area (TPSA) is 60.1 Å². The summed E-state index contributed by atoms with van der Waals surface area (Å²) in [6.07, 6.45) is 1.72. The number of furan rings is 1. The lowest BCUT2D eigenvalue weighted by Gasteiger charge is -2.15. The van der Waals surface area contributed by atoms with E-state index in [1.54, 1.807) is 12.3 Å². The second-order valence-corrected chi connectivity index (χ2v) is 7.13. The Hall–Kier alpha value is -2.86. The van der Waals surface area contributed by atoms with Gasteiger partial charge in [0.05, 0.1) is 17.3 Å².